The number of hydrogen-bond donors (Lipinski definition) is 1. The summed E-state index contributed by atoms with van der Waals surface area (Å²) in [5.74, 6) is -1.83. The molecular weight excluding hydrogens is 454 g/mol. The largest absolute Gasteiger partial charge is 0.392 e. The molecule has 4 nitrogen and oxygen atoms in total. The lowest BCUT2D eigenvalue weighted by Gasteiger charge is -2.55. The average Bonchev–Trinajstić information content (AvgIpc) is 3.05. The van der Waals surface area contributed by atoms with E-state index in [9.17, 15) is 14.7 Å². The lowest BCUT2D eigenvalue weighted by molar-refractivity contribution is -0.126. The Morgan fingerprint density at radius 2 is 1.42 bits per heavy atom. The Labute approximate surface area is 188 Å². The van der Waals surface area contributed by atoms with Gasteiger partial charge in [0.15, 0.2) is 0 Å². The molecule has 0 unspecified atom stereocenters. The summed E-state index contributed by atoms with van der Waals surface area (Å²) >= 11 is 3.51. The van der Waals surface area contributed by atoms with E-state index in [0.717, 1.165) is 22.3 Å². The molecule has 5 heteroatoms. The zero-order chi connectivity index (χ0) is 21.5. The molecule has 0 spiro atoms. The summed E-state index contributed by atoms with van der Waals surface area (Å²) in [4.78, 5) is 29.2. The van der Waals surface area contributed by atoms with E-state index in [4.69, 9.17) is 0 Å². The fraction of sp³-hybridized carbons (Fsp3) is 0.231. The molecule has 0 saturated carbocycles. The molecule has 1 N–H and O–H groups in total. The molecule has 7 rings (SSSR count). The van der Waals surface area contributed by atoms with Crippen LogP contribution in [-0.4, -0.2) is 23.0 Å². The van der Waals surface area contributed by atoms with Gasteiger partial charge in [-0.3, -0.25) is 9.59 Å². The third-order valence-electron chi connectivity index (χ3n) is 7.44. The standard InChI is InChI=1S/C26H20BrNO3/c1-14(29)26-17-10-4-2-8-15(17)21(16-9-3-5-11-18(16)26)22-23(26)25(31)28(24(22)30)20-13-7-6-12-19(20)27/h2-14,21-23,29H,1H3/t14-,21?,22+,23-,26?/m0/s1. The van der Waals surface area contributed by atoms with E-state index >= 15 is 0 Å². The van der Waals surface area contributed by atoms with Crippen LogP contribution >= 0.6 is 15.9 Å². The highest BCUT2D eigenvalue weighted by Crippen LogP contribution is 2.65. The highest BCUT2D eigenvalue weighted by atomic mass is 79.9. The van der Waals surface area contributed by atoms with Gasteiger partial charge in [-0.05, 0) is 57.2 Å². The SMILES string of the molecule is C[C@H](O)C12c3ccccc3C(c3ccccc31)[C@H]1C(=O)N(c3ccccc3Br)C(=O)[C@H]12. The molecule has 0 radical (unpaired) electrons. The quantitative estimate of drug-likeness (QED) is 0.561. The van der Waals surface area contributed by atoms with E-state index in [1.54, 1.807) is 13.0 Å². The minimum absolute atomic E-state index is 0.194. The second-order valence-electron chi connectivity index (χ2n) is 8.66. The van der Waals surface area contributed by atoms with Gasteiger partial charge in [0.25, 0.3) is 0 Å². The number of amides is 2. The number of benzene rings is 3. The Morgan fingerprint density at radius 3 is 2.00 bits per heavy atom. The molecule has 1 aliphatic heterocycles. The van der Waals surface area contributed by atoms with Crippen LogP contribution in [0.4, 0.5) is 5.69 Å². The predicted octanol–water partition coefficient (Wildman–Crippen LogP) is 4.38. The lowest BCUT2D eigenvalue weighted by atomic mass is 9.46. The molecule has 1 heterocycles. The van der Waals surface area contributed by atoms with Gasteiger partial charge < -0.3 is 5.11 Å². The van der Waals surface area contributed by atoms with Crippen LogP contribution in [0.25, 0.3) is 0 Å². The molecule has 154 valence electrons. The van der Waals surface area contributed by atoms with Crippen LogP contribution in [0.1, 0.15) is 35.1 Å². The van der Waals surface area contributed by atoms with Crippen LogP contribution in [0.15, 0.2) is 77.3 Å². The Bertz CT molecular complexity index is 1220. The Balaban J connectivity index is 1.68. The number of aliphatic hydroxyl groups is 1. The number of carbonyl (C=O) groups is 2. The van der Waals surface area contributed by atoms with Crippen LogP contribution < -0.4 is 4.90 Å². The number of rotatable bonds is 2. The number of aliphatic hydroxyl groups excluding tert-OH is 1. The van der Waals surface area contributed by atoms with Gasteiger partial charge in [-0.25, -0.2) is 4.90 Å². The van der Waals surface area contributed by atoms with Crippen molar-refractivity contribution in [2.24, 2.45) is 11.8 Å². The van der Waals surface area contributed by atoms with E-state index in [1.165, 1.54) is 4.90 Å². The van der Waals surface area contributed by atoms with Crippen LogP contribution in [0, 0.1) is 11.8 Å². The van der Waals surface area contributed by atoms with E-state index in [1.807, 2.05) is 66.7 Å². The highest BCUT2D eigenvalue weighted by molar-refractivity contribution is 9.10. The summed E-state index contributed by atoms with van der Waals surface area (Å²) in [5, 5.41) is 11.3. The maximum Gasteiger partial charge on any atom is 0.239 e. The summed E-state index contributed by atoms with van der Waals surface area (Å²) in [6, 6.07) is 23.3. The van der Waals surface area contributed by atoms with E-state index in [-0.39, 0.29) is 17.7 Å². The fourth-order valence-corrected chi connectivity index (χ4v) is 6.87. The van der Waals surface area contributed by atoms with Crippen molar-refractivity contribution in [2.45, 2.75) is 24.4 Å². The topological polar surface area (TPSA) is 57.6 Å². The van der Waals surface area contributed by atoms with Crippen molar-refractivity contribution in [2.75, 3.05) is 4.90 Å². The van der Waals surface area contributed by atoms with Crippen molar-refractivity contribution in [3.63, 3.8) is 0 Å². The molecule has 0 aromatic heterocycles. The summed E-state index contributed by atoms with van der Waals surface area (Å²) in [7, 11) is 0. The van der Waals surface area contributed by atoms with Crippen molar-refractivity contribution in [1.29, 1.82) is 0 Å². The van der Waals surface area contributed by atoms with Gasteiger partial charge in [0, 0.05) is 10.4 Å². The maximum atomic E-state index is 14.0. The smallest absolute Gasteiger partial charge is 0.239 e. The summed E-state index contributed by atoms with van der Waals surface area (Å²) in [6.45, 7) is 1.75. The first kappa shape index (κ1) is 19.0. The highest BCUT2D eigenvalue weighted by Gasteiger charge is 2.69. The Hall–Kier alpha value is -2.76. The first-order valence-corrected chi connectivity index (χ1v) is 11.3. The number of para-hydroxylation sites is 1. The number of hydrogen-bond acceptors (Lipinski definition) is 3. The molecule has 3 aliphatic carbocycles. The average molecular weight is 474 g/mol. The van der Waals surface area contributed by atoms with Crippen molar-refractivity contribution >= 4 is 33.4 Å². The van der Waals surface area contributed by atoms with Crippen LogP contribution in [0.2, 0.25) is 0 Å². The molecule has 31 heavy (non-hydrogen) atoms. The first-order chi connectivity index (χ1) is 15.0. The lowest BCUT2D eigenvalue weighted by Crippen LogP contribution is -2.58. The summed E-state index contributed by atoms with van der Waals surface area (Å²) in [6.07, 6.45) is -0.848. The fourth-order valence-electron chi connectivity index (χ4n) is 6.41. The number of nitrogens with zero attached hydrogens (tertiary/aromatic N) is 1. The molecule has 1 saturated heterocycles. The van der Waals surface area contributed by atoms with Gasteiger partial charge >= 0.3 is 0 Å². The molecular formula is C26H20BrNO3. The van der Waals surface area contributed by atoms with Gasteiger partial charge in [0.1, 0.15) is 0 Å². The molecule has 2 bridgehead atoms. The van der Waals surface area contributed by atoms with Gasteiger partial charge in [-0.1, -0.05) is 60.7 Å². The van der Waals surface area contributed by atoms with Crippen molar-refractivity contribution < 1.29 is 14.7 Å². The van der Waals surface area contributed by atoms with E-state index in [2.05, 4.69) is 15.9 Å². The zero-order valence-electron chi connectivity index (χ0n) is 16.8. The van der Waals surface area contributed by atoms with Crippen LogP contribution in [-0.2, 0) is 15.0 Å². The predicted molar refractivity (Wildman–Crippen MR) is 121 cm³/mol. The monoisotopic (exact) mass is 473 g/mol. The molecule has 4 aliphatic rings. The number of carbonyl (C=O) groups excluding carboxylic acids is 2. The van der Waals surface area contributed by atoms with Crippen LogP contribution in [0.3, 0.4) is 0 Å². The number of halogens is 1. The van der Waals surface area contributed by atoms with E-state index < -0.39 is 23.4 Å². The van der Waals surface area contributed by atoms with Gasteiger partial charge in [0.05, 0.1) is 29.0 Å². The van der Waals surface area contributed by atoms with E-state index in [0.29, 0.717) is 10.2 Å². The summed E-state index contributed by atoms with van der Waals surface area (Å²) in [5.41, 5.74) is 3.60. The number of anilines is 1. The Morgan fingerprint density at radius 1 is 0.871 bits per heavy atom. The normalized spacial score (nSPS) is 28.9. The third kappa shape index (κ3) is 2.13. The van der Waals surface area contributed by atoms with Crippen molar-refractivity contribution in [3.05, 3.63) is 99.5 Å². The minimum atomic E-state index is -0.963. The summed E-state index contributed by atoms with van der Waals surface area (Å²) < 4.78 is 0.698. The molecule has 1 fully saturated rings. The van der Waals surface area contributed by atoms with Crippen molar-refractivity contribution in [1.82, 2.24) is 0 Å². The molecule has 3 aromatic carbocycles. The van der Waals surface area contributed by atoms with Gasteiger partial charge in [-0.15, -0.1) is 0 Å². The number of imide groups is 1. The third-order valence-corrected chi connectivity index (χ3v) is 8.11. The zero-order valence-corrected chi connectivity index (χ0v) is 18.4. The second-order valence-corrected chi connectivity index (χ2v) is 9.52. The van der Waals surface area contributed by atoms with Gasteiger partial charge in [0.2, 0.25) is 11.8 Å². The van der Waals surface area contributed by atoms with Crippen molar-refractivity contribution in [3.8, 4) is 0 Å². The maximum absolute atomic E-state index is 14.0. The molecule has 3 aromatic rings. The minimum Gasteiger partial charge on any atom is -0.392 e. The molecule has 3 atom stereocenters. The first-order valence-electron chi connectivity index (χ1n) is 10.5. The molecule has 2 amide bonds. The van der Waals surface area contributed by atoms with Gasteiger partial charge in [-0.2, -0.15) is 0 Å². The Kier molecular flexibility index (Phi) is 3.90. The van der Waals surface area contributed by atoms with Crippen LogP contribution in [0.5, 0.6) is 0 Å². The second kappa shape index (κ2) is 6.38.